The van der Waals surface area contributed by atoms with Gasteiger partial charge in [-0.2, -0.15) is 0 Å². The predicted molar refractivity (Wildman–Crippen MR) is 94.2 cm³/mol. The third-order valence-electron chi connectivity index (χ3n) is 5.39. The average Bonchev–Trinajstić information content (AvgIpc) is 3.25. The third kappa shape index (κ3) is 2.79. The molecule has 0 saturated heterocycles. The Labute approximate surface area is 143 Å². The molecule has 3 heteroatoms. The van der Waals surface area contributed by atoms with Crippen molar-refractivity contribution in [3.63, 3.8) is 0 Å². The molecule has 0 saturated carbocycles. The molecule has 2 aromatic carbocycles. The SMILES string of the molecule is CN(C(=O)COc1ccc2c(c1)CCC2)C1CCc2ccccc21. The van der Waals surface area contributed by atoms with Crippen LogP contribution in [-0.2, 0) is 24.1 Å². The van der Waals surface area contributed by atoms with Crippen LogP contribution >= 0.6 is 0 Å². The Kier molecular flexibility index (Phi) is 4.01. The number of fused-ring (bicyclic) bond motifs is 2. The van der Waals surface area contributed by atoms with E-state index in [-0.39, 0.29) is 18.6 Å². The molecular formula is C21H23NO2. The van der Waals surface area contributed by atoms with Crippen LogP contribution in [0.25, 0.3) is 0 Å². The van der Waals surface area contributed by atoms with Crippen molar-refractivity contribution < 1.29 is 9.53 Å². The molecule has 2 aliphatic carbocycles. The number of aryl methyl sites for hydroxylation is 3. The van der Waals surface area contributed by atoms with Crippen LogP contribution in [0.15, 0.2) is 42.5 Å². The summed E-state index contributed by atoms with van der Waals surface area (Å²) in [6.07, 6.45) is 5.56. The maximum atomic E-state index is 12.5. The summed E-state index contributed by atoms with van der Waals surface area (Å²) in [5, 5.41) is 0. The zero-order valence-corrected chi connectivity index (χ0v) is 14.1. The number of hydrogen-bond donors (Lipinski definition) is 0. The van der Waals surface area contributed by atoms with Crippen LogP contribution in [0.5, 0.6) is 5.75 Å². The number of ether oxygens (including phenoxy) is 1. The van der Waals surface area contributed by atoms with Gasteiger partial charge in [-0.05, 0) is 66.5 Å². The van der Waals surface area contributed by atoms with Crippen molar-refractivity contribution in [2.24, 2.45) is 0 Å². The third-order valence-corrected chi connectivity index (χ3v) is 5.39. The van der Waals surface area contributed by atoms with Crippen molar-refractivity contribution in [1.82, 2.24) is 4.90 Å². The Balaban J connectivity index is 1.40. The lowest BCUT2D eigenvalue weighted by molar-refractivity contribution is -0.134. The summed E-state index contributed by atoms with van der Waals surface area (Å²) >= 11 is 0. The van der Waals surface area contributed by atoms with Crippen molar-refractivity contribution in [2.75, 3.05) is 13.7 Å². The summed E-state index contributed by atoms with van der Waals surface area (Å²) in [4.78, 5) is 14.4. The Hall–Kier alpha value is -2.29. The maximum absolute atomic E-state index is 12.5. The number of carbonyl (C=O) groups excluding carboxylic acids is 1. The van der Waals surface area contributed by atoms with E-state index in [2.05, 4.69) is 36.4 Å². The zero-order chi connectivity index (χ0) is 16.5. The van der Waals surface area contributed by atoms with E-state index in [1.165, 1.54) is 35.1 Å². The van der Waals surface area contributed by atoms with E-state index in [0.29, 0.717) is 0 Å². The van der Waals surface area contributed by atoms with Crippen LogP contribution in [0.3, 0.4) is 0 Å². The number of hydrogen-bond acceptors (Lipinski definition) is 2. The first-order valence-electron chi connectivity index (χ1n) is 8.80. The number of likely N-dealkylation sites (N-methyl/N-ethyl adjacent to an activating group) is 1. The minimum atomic E-state index is 0.0391. The molecule has 2 aromatic rings. The number of rotatable bonds is 4. The van der Waals surface area contributed by atoms with Crippen molar-refractivity contribution in [1.29, 1.82) is 0 Å². The predicted octanol–water partition coefficient (Wildman–Crippen LogP) is 3.70. The van der Waals surface area contributed by atoms with Gasteiger partial charge in [0.15, 0.2) is 6.61 Å². The summed E-state index contributed by atoms with van der Waals surface area (Å²) in [7, 11) is 1.89. The highest BCUT2D eigenvalue weighted by Crippen LogP contribution is 2.34. The van der Waals surface area contributed by atoms with E-state index < -0.39 is 0 Å². The van der Waals surface area contributed by atoms with E-state index in [0.717, 1.165) is 25.0 Å². The Morgan fingerprint density at radius 3 is 2.83 bits per heavy atom. The van der Waals surface area contributed by atoms with Gasteiger partial charge >= 0.3 is 0 Å². The number of amides is 1. The van der Waals surface area contributed by atoms with Crippen LogP contribution in [0.2, 0.25) is 0 Å². The second-order valence-electron chi connectivity index (χ2n) is 6.83. The topological polar surface area (TPSA) is 29.5 Å². The van der Waals surface area contributed by atoms with Gasteiger partial charge in [0.25, 0.3) is 5.91 Å². The highest BCUT2D eigenvalue weighted by Gasteiger charge is 2.28. The first-order valence-corrected chi connectivity index (χ1v) is 8.80. The van der Waals surface area contributed by atoms with Crippen LogP contribution in [-0.4, -0.2) is 24.5 Å². The smallest absolute Gasteiger partial charge is 0.260 e. The Morgan fingerprint density at radius 2 is 1.92 bits per heavy atom. The average molecular weight is 321 g/mol. The molecule has 0 bridgehead atoms. The highest BCUT2D eigenvalue weighted by atomic mass is 16.5. The molecule has 0 heterocycles. The zero-order valence-electron chi connectivity index (χ0n) is 14.1. The van der Waals surface area contributed by atoms with Crippen molar-refractivity contribution in [3.8, 4) is 5.75 Å². The van der Waals surface area contributed by atoms with Gasteiger partial charge in [-0.1, -0.05) is 30.3 Å². The molecule has 1 atom stereocenters. The van der Waals surface area contributed by atoms with Gasteiger partial charge in [0.1, 0.15) is 5.75 Å². The lowest BCUT2D eigenvalue weighted by Gasteiger charge is -2.25. The molecule has 2 aliphatic rings. The second kappa shape index (κ2) is 6.31. The van der Waals surface area contributed by atoms with Crippen LogP contribution < -0.4 is 4.74 Å². The normalized spacial score (nSPS) is 18.1. The molecule has 0 spiro atoms. The van der Waals surface area contributed by atoms with Gasteiger partial charge in [0.2, 0.25) is 0 Å². The first-order chi connectivity index (χ1) is 11.7. The fraction of sp³-hybridized carbons (Fsp3) is 0.381. The summed E-state index contributed by atoms with van der Waals surface area (Å²) < 4.78 is 5.77. The van der Waals surface area contributed by atoms with E-state index in [4.69, 9.17) is 4.74 Å². The quantitative estimate of drug-likeness (QED) is 0.859. The molecule has 0 radical (unpaired) electrons. The van der Waals surface area contributed by atoms with Gasteiger partial charge in [-0.3, -0.25) is 4.79 Å². The molecule has 124 valence electrons. The monoisotopic (exact) mass is 321 g/mol. The van der Waals surface area contributed by atoms with Crippen molar-refractivity contribution in [2.45, 2.75) is 38.1 Å². The van der Waals surface area contributed by atoms with Gasteiger partial charge in [0.05, 0.1) is 6.04 Å². The minimum absolute atomic E-state index is 0.0391. The molecule has 0 aromatic heterocycles. The second-order valence-corrected chi connectivity index (χ2v) is 6.83. The molecule has 3 nitrogen and oxygen atoms in total. The van der Waals surface area contributed by atoms with Gasteiger partial charge in [0, 0.05) is 7.05 Å². The summed E-state index contributed by atoms with van der Waals surface area (Å²) in [6.45, 7) is 0.105. The van der Waals surface area contributed by atoms with E-state index in [1.807, 2.05) is 18.0 Å². The lowest BCUT2D eigenvalue weighted by Crippen LogP contribution is -2.34. The molecule has 1 amide bonds. The number of nitrogens with zero attached hydrogens (tertiary/aromatic N) is 1. The van der Waals surface area contributed by atoms with Crippen molar-refractivity contribution >= 4 is 5.91 Å². The standard InChI is InChI=1S/C21H23NO2/c1-22(20-12-10-16-5-2-3-8-19(16)20)21(23)14-24-18-11-9-15-6-4-7-17(15)13-18/h2-3,5,8-9,11,13,20H,4,6-7,10,12,14H2,1H3. The molecule has 4 rings (SSSR count). The largest absolute Gasteiger partial charge is 0.484 e. The van der Waals surface area contributed by atoms with Gasteiger partial charge in [-0.15, -0.1) is 0 Å². The van der Waals surface area contributed by atoms with Crippen molar-refractivity contribution in [3.05, 3.63) is 64.7 Å². The first kappa shape index (κ1) is 15.3. The number of carbonyl (C=O) groups is 1. The van der Waals surface area contributed by atoms with Crippen LogP contribution in [0, 0.1) is 0 Å². The molecule has 0 fully saturated rings. The fourth-order valence-electron chi connectivity index (χ4n) is 4.00. The summed E-state index contributed by atoms with van der Waals surface area (Å²) in [5.41, 5.74) is 5.44. The molecule has 0 aliphatic heterocycles. The molecular weight excluding hydrogens is 298 g/mol. The maximum Gasteiger partial charge on any atom is 0.260 e. The Morgan fingerprint density at radius 1 is 1.08 bits per heavy atom. The van der Waals surface area contributed by atoms with E-state index in [9.17, 15) is 4.79 Å². The molecule has 24 heavy (non-hydrogen) atoms. The minimum Gasteiger partial charge on any atom is -0.484 e. The summed E-state index contributed by atoms with van der Waals surface area (Å²) in [5.74, 6) is 0.849. The molecule has 1 unspecified atom stereocenters. The van der Waals surface area contributed by atoms with Gasteiger partial charge in [-0.25, -0.2) is 0 Å². The Bertz CT molecular complexity index is 768. The van der Waals surface area contributed by atoms with E-state index in [1.54, 1.807) is 0 Å². The van der Waals surface area contributed by atoms with Crippen LogP contribution in [0.1, 0.15) is 41.1 Å². The lowest BCUT2D eigenvalue weighted by atomic mass is 10.1. The highest BCUT2D eigenvalue weighted by molar-refractivity contribution is 5.78. The molecule has 0 N–H and O–H groups in total. The van der Waals surface area contributed by atoms with Gasteiger partial charge < -0.3 is 9.64 Å². The summed E-state index contributed by atoms with van der Waals surface area (Å²) in [6, 6.07) is 14.8. The van der Waals surface area contributed by atoms with Crippen LogP contribution in [0.4, 0.5) is 0 Å². The fourth-order valence-corrected chi connectivity index (χ4v) is 4.00. The van der Waals surface area contributed by atoms with E-state index >= 15 is 0 Å². The number of benzene rings is 2.